The van der Waals surface area contributed by atoms with Gasteiger partial charge in [0.1, 0.15) is 0 Å². The molecule has 2 aromatic heterocycles. The molecule has 3 rings (SSSR count). The SMILES string of the molecule is Cc1ccc(Br)c(NCc2c(C)nc3sc(C)cn23)c1. The van der Waals surface area contributed by atoms with Gasteiger partial charge >= 0.3 is 0 Å². The van der Waals surface area contributed by atoms with Crippen molar-refractivity contribution >= 4 is 37.9 Å². The van der Waals surface area contributed by atoms with Crippen molar-refractivity contribution in [3.05, 3.63) is 50.7 Å². The number of fused-ring (bicyclic) bond motifs is 1. The molecule has 0 aliphatic heterocycles. The van der Waals surface area contributed by atoms with E-state index in [9.17, 15) is 0 Å². The van der Waals surface area contributed by atoms with Crippen LogP contribution in [0.25, 0.3) is 4.96 Å². The predicted octanol–water partition coefficient (Wildman–Crippen LogP) is 4.70. The molecule has 3 aromatic rings. The number of nitrogens with zero attached hydrogens (tertiary/aromatic N) is 2. The van der Waals surface area contributed by atoms with Crippen molar-refractivity contribution in [1.29, 1.82) is 0 Å². The highest BCUT2D eigenvalue weighted by Gasteiger charge is 2.11. The molecule has 104 valence electrons. The van der Waals surface area contributed by atoms with Crippen molar-refractivity contribution in [2.75, 3.05) is 5.32 Å². The lowest BCUT2D eigenvalue weighted by Gasteiger charge is -2.09. The fourth-order valence-corrected chi connectivity index (χ4v) is 3.55. The zero-order valence-electron chi connectivity index (χ0n) is 11.7. The number of hydrogen-bond donors (Lipinski definition) is 1. The van der Waals surface area contributed by atoms with E-state index in [2.05, 4.69) is 75.8 Å². The van der Waals surface area contributed by atoms with Gasteiger partial charge in [-0.15, -0.1) is 11.3 Å². The van der Waals surface area contributed by atoms with Gasteiger partial charge in [0.05, 0.1) is 17.9 Å². The number of nitrogens with one attached hydrogen (secondary N) is 1. The number of hydrogen-bond acceptors (Lipinski definition) is 3. The van der Waals surface area contributed by atoms with E-state index >= 15 is 0 Å². The zero-order chi connectivity index (χ0) is 14.3. The highest BCUT2D eigenvalue weighted by Crippen LogP contribution is 2.25. The molecule has 1 N–H and O–H groups in total. The second-order valence-corrected chi connectivity index (χ2v) is 7.04. The quantitative estimate of drug-likeness (QED) is 0.742. The Kier molecular flexibility index (Phi) is 3.56. The summed E-state index contributed by atoms with van der Waals surface area (Å²) in [6.45, 7) is 7.05. The van der Waals surface area contributed by atoms with E-state index in [0.717, 1.165) is 27.4 Å². The summed E-state index contributed by atoms with van der Waals surface area (Å²) in [5, 5.41) is 3.50. The molecule has 0 amide bonds. The zero-order valence-corrected chi connectivity index (χ0v) is 14.1. The molecule has 5 heteroatoms. The monoisotopic (exact) mass is 349 g/mol. The van der Waals surface area contributed by atoms with Crippen LogP contribution in [0.1, 0.15) is 21.8 Å². The van der Waals surface area contributed by atoms with Gasteiger partial charge in [-0.25, -0.2) is 4.98 Å². The first-order valence-corrected chi connectivity index (χ1v) is 8.09. The Bertz CT molecular complexity index is 773. The molecule has 0 aliphatic rings. The maximum Gasteiger partial charge on any atom is 0.194 e. The van der Waals surface area contributed by atoms with E-state index in [0.29, 0.717) is 0 Å². The molecule has 0 fully saturated rings. The molecule has 0 unspecified atom stereocenters. The van der Waals surface area contributed by atoms with Crippen LogP contribution < -0.4 is 5.32 Å². The van der Waals surface area contributed by atoms with E-state index in [1.807, 2.05) is 0 Å². The Labute approximate surface area is 130 Å². The number of benzene rings is 1. The van der Waals surface area contributed by atoms with Crippen LogP contribution in [0.3, 0.4) is 0 Å². The van der Waals surface area contributed by atoms with Gasteiger partial charge < -0.3 is 5.32 Å². The van der Waals surface area contributed by atoms with Crippen LogP contribution in [-0.2, 0) is 6.54 Å². The number of halogens is 1. The van der Waals surface area contributed by atoms with Crippen molar-refractivity contribution in [3.8, 4) is 0 Å². The number of imidazole rings is 1. The topological polar surface area (TPSA) is 29.3 Å². The predicted molar refractivity (Wildman–Crippen MR) is 88.7 cm³/mol. The van der Waals surface area contributed by atoms with Gasteiger partial charge in [0.25, 0.3) is 0 Å². The van der Waals surface area contributed by atoms with Crippen molar-refractivity contribution in [2.45, 2.75) is 27.3 Å². The van der Waals surface area contributed by atoms with E-state index in [4.69, 9.17) is 0 Å². The molecule has 2 heterocycles. The summed E-state index contributed by atoms with van der Waals surface area (Å²) in [6, 6.07) is 6.32. The molecule has 1 aromatic carbocycles. The summed E-state index contributed by atoms with van der Waals surface area (Å²) in [5.41, 5.74) is 4.67. The lowest BCUT2D eigenvalue weighted by Crippen LogP contribution is -2.04. The van der Waals surface area contributed by atoms with Crippen molar-refractivity contribution in [1.82, 2.24) is 9.38 Å². The van der Waals surface area contributed by atoms with Crippen molar-refractivity contribution in [2.24, 2.45) is 0 Å². The van der Waals surface area contributed by atoms with Gasteiger partial charge in [-0.05, 0) is 54.4 Å². The molecule has 0 saturated carbocycles. The van der Waals surface area contributed by atoms with Gasteiger partial charge in [-0.1, -0.05) is 6.07 Å². The molecular weight excluding hydrogens is 334 g/mol. The average molecular weight is 350 g/mol. The lowest BCUT2D eigenvalue weighted by atomic mass is 10.2. The number of rotatable bonds is 3. The standard InChI is InChI=1S/C15H16BrN3S/c1-9-4-5-12(16)13(6-9)17-7-14-11(3)18-15-19(14)8-10(2)20-15/h4-6,8,17H,7H2,1-3H3. The first-order valence-electron chi connectivity index (χ1n) is 6.48. The molecule has 3 nitrogen and oxygen atoms in total. The third-order valence-corrected chi connectivity index (χ3v) is 4.90. The van der Waals surface area contributed by atoms with Gasteiger partial charge in [0.2, 0.25) is 0 Å². The molecule has 20 heavy (non-hydrogen) atoms. The summed E-state index contributed by atoms with van der Waals surface area (Å²) in [6.07, 6.45) is 2.16. The number of thiazole rings is 1. The third-order valence-electron chi connectivity index (χ3n) is 3.31. The lowest BCUT2D eigenvalue weighted by molar-refractivity contribution is 0.990. The minimum Gasteiger partial charge on any atom is -0.378 e. The molecule has 0 aliphatic carbocycles. The summed E-state index contributed by atoms with van der Waals surface area (Å²) < 4.78 is 3.27. The number of aryl methyl sites for hydroxylation is 3. The second kappa shape index (κ2) is 5.22. The van der Waals surface area contributed by atoms with Gasteiger partial charge in [0, 0.05) is 21.2 Å². The second-order valence-electron chi connectivity index (χ2n) is 4.98. The fraction of sp³-hybridized carbons (Fsp3) is 0.267. The molecule has 0 saturated heterocycles. The van der Waals surface area contributed by atoms with Crippen LogP contribution in [0.2, 0.25) is 0 Å². The minimum absolute atomic E-state index is 0.769. The Morgan fingerprint density at radius 3 is 2.90 bits per heavy atom. The van der Waals surface area contributed by atoms with E-state index in [1.165, 1.54) is 16.1 Å². The van der Waals surface area contributed by atoms with Crippen LogP contribution in [-0.4, -0.2) is 9.38 Å². The highest BCUT2D eigenvalue weighted by atomic mass is 79.9. The summed E-state index contributed by atoms with van der Waals surface area (Å²) >= 11 is 5.31. The number of anilines is 1. The van der Waals surface area contributed by atoms with Gasteiger partial charge in [-0.3, -0.25) is 4.40 Å². The first kappa shape index (κ1) is 13.6. The Hall–Kier alpha value is -1.33. The minimum atomic E-state index is 0.769. The first-order chi connectivity index (χ1) is 9.54. The summed E-state index contributed by atoms with van der Waals surface area (Å²) in [4.78, 5) is 6.97. The van der Waals surface area contributed by atoms with E-state index in [1.54, 1.807) is 11.3 Å². The fourth-order valence-electron chi connectivity index (χ4n) is 2.28. The molecule has 0 spiro atoms. The maximum atomic E-state index is 4.62. The Morgan fingerprint density at radius 1 is 1.30 bits per heavy atom. The van der Waals surface area contributed by atoms with Crippen LogP contribution in [0.4, 0.5) is 5.69 Å². The highest BCUT2D eigenvalue weighted by molar-refractivity contribution is 9.10. The van der Waals surface area contributed by atoms with E-state index in [-0.39, 0.29) is 0 Å². The van der Waals surface area contributed by atoms with Crippen LogP contribution in [0, 0.1) is 20.8 Å². The largest absolute Gasteiger partial charge is 0.378 e. The maximum absolute atomic E-state index is 4.62. The number of aromatic nitrogens is 2. The molecule has 0 radical (unpaired) electrons. The normalized spacial score (nSPS) is 11.2. The Morgan fingerprint density at radius 2 is 2.10 bits per heavy atom. The molecule has 0 atom stereocenters. The van der Waals surface area contributed by atoms with Crippen LogP contribution >= 0.6 is 27.3 Å². The van der Waals surface area contributed by atoms with Gasteiger partial charge in [0.15, 0.2) is 4.96 Å². The molecular formula is C15H16BrN3S. The summed E-state index contributed by atoms with van der Waals surface area (Å²) in [5.74, 6) is 0. The van der Waals surface area contributed by atoms with E-state index < -0.39 is 0 Å². The van der Waals surface area contributed by atoms with Crippen molar-refractivity contribution in [3.63, 3.8) is 0 Å². The van der Waals surface area contributed by atoms with Crippen LogP contribution in [0.5, 0.6) is 0 Å². The Balaban J connectivity index is 1.89. The average Bonchev–Trinajstić information content (AvgIpc) is 2.86. The summed E-state index contributed by atoms with van der Waals surface area (Å²) in [7, 11) is 0. The smallest absolute Gasteiger partial charge is 0.194 e. The van der Waals surface area contributed by atoms with Crippen LogP contribution in [0.15, 0.2) is 28.9 Å². The molecule has 0 bridgehead atoms. The van der Waals surface area contributed by atoms with Crippen molar-refractivity contribution < 1.29 is 0 Å². The van der Waals surface area contributed by atoms with Gasteiger partial charge in [-0.2, -0.15) is 0 Å². The third kappa shape index (κ3) is 2.47.